The molecule has 0 N–H and O–H groups in total. The number of halogens is 2. The van der Waals surface area contributed by atoms with Gasteiger partial charge in [0.1, 0.15) is 11.3 Å². The number of oxime groups is 1. The van der Waals surface area contributed by atoms with Crippen LogP contribution in [0, 0.1) is 6.92 Å². The Kier molecular flexibility index (Phi) is 4.27. The minimum atomic E-state index is -0.559. The van der Waals surface area contributed by atoms with E-state index in [0.29, 0.717) is 28.7 Å². The molecule has 5 nitrogen and oxygen atoms in total. The fourth-order valence-electron chi connectivity index (χ4n) is 1.80. The highest BCUT2D eigenvalue weighted by Gasteiger charge is 2.23. The van der Waals surface area contributed by atoms with Crippen molar-refractivity contribution in [2.75, 3.05) is 7.11 Å². The van der Waals surface area contributed by atoms with Crippen molar-refractivity contribution in [3.8, 4) is 0 Å². The molecule has 1 unspecified atom stereocenters. The van der Waals surface area contributed by atoms with Gasteiger partial charge in [0, 0.05) is 18.5 Å². The van der Waals surface area contributed by atoms with Gasteiger partial charge in [-0.05, 0) is 18.6 Å². The van der Waals surface area contributed by atoms with Crippen LogP contribution in [-0.2, 0) is 16.0 Å². The first-order chi connectivity index (χ1) is 9.01. The quantitative estimate of drug-likeness (QED) is 0.806. The molecule has 0 aliphatic carbocycles. The summed E-state index contributed by atoms with van der Waals surface area (Å²) in [4.78, 5) is 20.9. The van der Waals surface area contributed by atoms with Crippen molar-refractivity contribution in [3.05, 3.63) is 28.0 Å². The minimum absolute atomic E-state index is 0.115. The summed E-state index contributed by atoms with van der Waals surface area (Å²) in [7, 11) is 1.29. The van der Waals surface area contributed by atoms with Crippen LogP contribution >= 0.6 is 23.2 Å². The van der Waals surface area contributed by atoms with E-state index in [9.17, 15) is 4.79 Å². The predicted molar refractivity (Wildman–Crippen MR) is 71.8 cm³/mol. The second-order valence-corrected chi connectivity index (χ2v) is 5.00. The molecule has 2 rings (SSSR count). The molecule has 7 heteroatoms. The number of rotatable bonds is 3. The average Bonchev–Trinajstić information content (AvgIpc) is 2.78. The molecular formula is C12H12Cl2N2O3. The third-order valence-electron chi connectivity index (χ3n) is 2.71. The first-order valence-corrected chi connectivity index (χ1v) is 6.39. The van der Waals surface area contributed by atoms with Crippen LogP contribution in [-0.4, -0.2) is 29.3 Å². The lowest BCUT2D eigenvalue weighted by atomic mass is 10.1. The number of carbonyl (C=O) groups excluding carboxylic acids is 1. The zero-order valence-electron chi connectivity index (χ0n) is 10.4. The molecule has 0 bridgehead atoms. The van der Waals surface area contributed by atoms with Crippen LogP contribution in [0.15, 0.2) is 11.2 Å². The molecule has 0 aromatic carbocycles. The lowest BCUT2D eigenvalue weighted by Gasteiger charge is -2.11. The van der Waals surface area contributed by atoms with E-state index in [-0.39, 0.29) is 11.8 Å². The summed E-state index contributed by atoms with van der Waals surface area (Å²) in [6.07, 6.45) is 0.881. The van der Waals surface area contributed by atoms with E-state index in [4.69, 9.17) is 28.0 Å². The van der Waals surface area contributed by atoms with Crippen LogP contribution in [0.2, 0.25) is 5.02 Å². The zero-order chi connectivity index (χ0) is 14.0. The van der Waals surface area contributed by atoms with Gasteiger partial charge in [0.25, 0.3) is 0 Å². The summed E-state index contributed by atoms with van der Waals surface area (Å²) in [6, 6.07) is 1.81. The van der Waals surface area contributed by atoms with E-state index in [0.717, 1.165) is 5.56 Å². The van der Waals surface area contributed by atoms with Gasteiger partial charge in [-0.1, -0.05) is 28.4 Å². The molecular weight excluding hydrogens is 291 g/mol. The molecule has 2 heterocycles. The third-order valence-corrected chi connectivity index (χ3v) is 3.41. The second kappa shape index (κ2) is 5.75. The highest BCUT2D eigenvalue weighted by Crippen LogP contribution is 2.23. The van der Waals surface area contributed by atoms with Gasteiger partial charge in [0.2, 0.25) is 0 Å². The van der Waals surface area contributed by atoms with Gasteiger partial charge < -0.3 is 9.57 Å². The highest BCUT2D eigenvalue weighted by atomic mass is 35.5. The molecule has 0 saturated heterocycles. The fourth-order valence-corrected chi connectivity index (χ4v) is 2.18. The number of aromatic nitrogens is 1. The average molecular weight is 303 g/mol. The van der Waals surface area contributed by atoms with E-state index in [2.05, 4.69) is 14.9 Å². The largest absolute Gasteiger partial charge is 0.464 e. The van der Waals surface area contributed by atoms with Crippen LogP contribution in [0.25, 0.3) is 0 Å². The van der Waals surface area contributed by atoms with E-state index >= 15 is 0 Å². The lowest BCUT2D eigenvalue weighted by Crippen LogP contribution is -2.14. The summed E-state index contributed by atoms with van der Waals surface area (Å²) in [5.41, 5.74) is 1.56. The standard InChI is InChI=1S/C12H12Cl2N2O3/c1-6-3-7(4-8-5-9(13)16-19-8)15-11(10(6)14)12(17)18-2/h3,8H,4-5H2,1-2H3. The van der Waals surface area contributed by atoms with Gasteiger partial charge >= 0.3 is 5.97 Å². The SMILES string of the molecule is COC(=O)c1nc(CC2CC(Cl)=NO2)cc(C)c1Cl. The van der Waals surface area contributed by atoms with E-state index in [1.165, 1.54) is 7.11 Å². The Labute approximate surface area is 120 Å². The minimum Gasteiger partial charge on any atom is -0.464 e. The Bertz CT molecular complexity index is 546. The molecule has 0 spiro atoms. The Hall–Kier alpha value is -1.33. The lowest BCUT2D eigenvalue weighted by molar-refractivity contribution is 0.0592. The number of carbonyl (C=O) groups is 1. The summed E-state index contributed by atoms with van der Waals surface area (Å²) in [5.74, 6) is -0.559. The number of pyridine rings is 1. The first-order valence-electron chi connectivity index (χ1n) is 5.63. The van der Waals surface area contributed by atoms with Crippen molar-refractivity contribution >= 4 is 34.3 Å². The molecule has 0 saturated carbocycles. The van der Waals surface area contributed by atoms with Gasteiger partial charge in [-0.25, -0.2) is 9.78 Å². The molecule has 19 heavy (non-hydrogen) atoms. The Morgan fingerprint density at radius 1 is 1.58 bits per heavy atom. The van der Waals surface area contributed by atoms with Crippen molar-refractivity contribution < 1.29 is 14.4 Å². The van der Waals surface area contributed by atoms with Crippen molar-refractivity contribution in [1.29, 1.82) is 0 Å². The maximum absolute atomic E-state index is 11.6. The smallest absolute Gasteiger partial charge is 0.358 e. The summed E-state index contributed by atoms with van der Waals surface area (Å²) < 4.78 is 4.65. The molecule has 0 fully saturated rings. The zero-order valence-corrected chi connectivity index (χ0v) is 12.0. The van der Waals surface area contributed by atoms with Crippen LogP contribution < -0.4 is 0 Å². The number of hydrogen-bond acceptors (Lipinski definition) is 5. The molecule has 1 aliphatic rings. The van der Waals surface area contributed by atoms with Crippen LogP contribution in [0.4, 0.5) is 0 Å². The van der Waals surface area contributed by atoms with E-state index in [1.807, 2.05) is 6.07 Å². The fraction of sp³-hybridized carbons (Fsp3) is 0.417. The number of nitrogens with zero attached hydrogens (tertiary/aromatic N) is 2. The number of hydrogen-bond donors (Lipinski definition) is 0. The second-order valence-electron chi connectivity index (χ2n) is 4.19. The Balaban J connectivity index is 2.22. The third kappa shape index (κ3) is 3.16. The van der Waals surface area contributed by atoms with Gasteiger partial charge in [0.05, 0.1) is 12.1 Å². The maximum atomic E-state index is 11.6. The number of ether oxygens (including phenoxy) is 1. The van der Waals surface area contributed by atoms with Crippen LogP contribution in [0.5, 0.6) is 0 Å². The monoisotopic (exact) mass is 302 g/mol. The molecule has 1 atom stereocenters. The van der Waals surface area contributed by atoms with Crippen molar-refractivity contribution in [2.24, 2.45) is 5.16 Å². The maximum Gasteiger partial charge on any atom is 0.358 e. The molecule has 1 aromatic heterocycles. The van der Waals surface area contributed by atoms with Crippen LogP contribution in [0.3, 0.4) is 0 Å². The van der Waals surface area contributed by atoms with Gasteiger partial charge in [-0.2, -0.15) is 0 Å². The number of methoxy groups -OCH3 is 1. The van der Waals surface area contributed by atoms with Gasteiger partial charge in [-0.3, -0.25) is 0 Å². The van der Waals surface area contributed by atoms with E-state index in [1.54, 1.807) is 6.92 Å². The topological polar surface area (TPSA) is 60.8 Å². The van der Waals surface area contributed by atoms with Crippen molar-refractivity contribution in [1.82, 2.24) is 4.98 Å². The summed E-state index contributed by atoms with van der Waals surface area (Å²) >= 11 is 11.8. The predicted octanol–water partition coefficient (Wildman–Crippen LogP) is 2.71. The number of esters is 1. The molecule has 1 aliphatic heterocycles. The Morgan fingerprint density at radius 3 is 2.89 bits per heavy atom. The molecule has 1 aromatic rings. The normalized spacial score (nSPS) is 17.9. The molecule has 0 amide bonds. The Morgan fingerprint density at radius 2 is 2.32 bits per heavy atom. The van der Waals surface area contributed by atoms with E-state index < -0.39 is 5.97 Å². The molecule has 102 valence electrons. The molecule has 0 radical (unpaired) electrons. The summed E-state index contributed by atoms with van der Waals surface area (Å²) in [6.45, 7) is 1.80. The van der Waals surface area contributed by atoms with Crippen molar-refractivity contribution in [3.63, 3.8) is 0 Å². The highest BCUT2D eigenvalue weighted by molar-refractivity contribution is 6.65. The number of aryl methyl sites for hydroxylation is 1. The van der Waals surface area contributed by atoms with Crippen LogP contribution in [0.1, 0.15) is 28.2 Å². The van der Waals surface area contributed by atoms with Gasteiger partial charge in [-0.15, -0.1) is 0 Å². The first kappa shape index (κ1) is 14.1. The van der Waals surface area contributed by atoms with Gasteiger partial charge in [0.15, 0.2) is 5.69 Å². The summed E-state index contributed by atoms with van der Waals surface area (Å²) in [5, 5.41) is 4.40. The van der Waals surface area contributed by atoms with Crippen molar-refractivity contribution in [2.45, 2.75) is 25.9 Å².